The Morgan fingerprint density at radius 3 is 2.30 bits per heavy atom. The molecule has 0 saturated carbocycles. The fourth-order valence-corrected chi connectivity index (χ4v) is 7.90. The Morgan fingerprint density at radius 2 is 1.63 bits per heavy atom. The number of allylic oxidation sites excluding steroid dienone is 4. The monoisotopic (exact) mass is 667 g/mol. The molecular weight excluding hydrogens is 621 g/mol. The number of sulfone groups is 1. The molecule has 2 aromatic carbocycles. The van der Waals surface area contributed by atoms with E-state index in [1.807, 2.05) is 0 Å². The third kappa shape index (κ3) is 7.45. The molecule has 2 aromatic rings. The van der Waals surface area contributed by atoms with E-state index < -0.39 is 25.4 Å². The molecule has 248 valence electrons. The van der Waals surface area contributed by atoms with E-state index in [1.54, 1.807) is 12.1 Å². The van der Waals surface area contributed by atoms with Crippen molar-refractivity contribution in [3.05, 3.63) is 89.0 Å². The molecule has 0 radical (unpaired) electrons. The maximum Gasteiger partial charge on any atom is 0.294 e. The van der Waals surface area contributed by atoms with Gasteiger partial charge in [0, 0.05) is 59.3 Å². The maximum atomic E-state index is 12.3. The van der Waals surface area contributed by atoms with Gasteiger partial charge in [0.05, 0.1) is 16.1 Å². The molecule has 0 aromatic heterocycles. The first-order valence-electron chi connectivity index (χ1n) is 15.8. The number of anilines is 1. The van der Waals surface area contributed by atoms with Crippen LogP contribution in [0.3, 0.4) is 0 Å². The lowest BCUT2D eigenvalue weighted by Crippen LogP contribution is -2.27. The molecule has 0 spiro atoms. The molecule has 1 N–H and O–H groups in total. The summed E-state index contributed by atoms with van der Waals surface area (Å²) in [7, 11) is -5.57. The summed E-state index contributed by atoms with van der Waals surface area (Å²) in [6.07, 6.45) is 9.58. The number of nitrogens with zero attached hydrogens (tertiary/aromatic N) is 2. The van der Waals surface area contributed by atoms with Crippen LogP contribution in [0.1, 0.15) is 82.9 Å². The van der Waals surface area contributed by atoms with Crippen LogP contribution in [0.4, 0.5) is 11.4 Å². The predicted octanol–water partition coefficient (Wildman–Crippen LogP) is 6.95. The number of unbranched alkanes of at least 4 members (excludes halogenated alkanes) is 2. The van der Waals surface area contributed by atoms with E-state index in [0.29, 0.717) is 25.8 Å². The molecule has 0 atom stereocenters. The summed E-state index contributed by atoms with van der Waals surface area (Å²) in [6.45, 7) is 14.7. The molecule has 4 rings (SSSR count). The second-order valence-corrected chi connectivity index (χ2v) is 16.9. The molecule has 0 unspecified atom stereocenters. The number of carbonyl (C=O) groups is 1. The smallest absolute Gasteiger partial charge is 0.294 e. The summed E-state index contributed by atoms with van der Waals surface area (Å²) >= 11 is 0. The van der Waals surface area contributed by atoms with Crippen molar-refractivity contribution >= 4 is 42.8 Å². The standard InChI is InChI=1S/C36H46N2O6S2/c1-8-45(40,41)23-13-15-27(39)14-10-9-11-22-38-32-21-19-28(46(42,43)44)25-30(32)36(5,6)34(38)17-12-16-33-35(3,4)29-24-26(2)18-20-31(29)37(33)7/h8,12,16-21,24-25H,1,9-11,13-15,22-23H2,2-7H3/p+1. The summed E-state index contributed by atoms with van der Waals surface area (Å²) in [5.74, 6) is -0.000445. The number of carbonyl (C=O) groups excluding carboxylic acids is 1. The SMILES string of the molecule is C=CS(=O)(=O)CCCC(=O)CCCCCN1/C(=C/C=C/C2=[N+](C)c3ccc(C)cc3C2(C)C)C(C)(C)c2cc(S(=O)(=O)O)ccc21. The van der Waals surface area contributed by atoms with Crippen molar-refractivity contribution in [1.29, 1.82) is 0 Å². The van der Waals surface area contributed by atoms with Gasteiger partial charge < -0.3 is 4.90 Å². The van der Waals surface area contributed by atoms with E-state index in [4.69, 9.17) is 0 Å². The zero-order valence-electron chi connectivity index (χ0n) is 27.8. The Kier molecular flexibility index (Phi) is 10.4. The van der Waals surface area contributed by atoms with Crippen LogP contribution < -0.4 is 4.90 Å². The van der Waals surface area contributed by atoms with Gasteiger partial charge in [0.1, 0.15) is 12.8 Å². The third-order valence-corrected chi connectivity index (χ3v) is 11.5. The highest BCUT2D eigenvalue weighted by Gasteiger charge is 2.43. The largest absolute Gasteiger partial charge is 0.344 e. The molecule has 0 saturated heterocycles. The molecule has 10 heteroatoms. The molecule has 0 amide bonds. The van der Waals surface area contributed by atoms with Gasteiger partial charge in [-0.2, -0.15) is 13.0 Å². The zero-order valence-corrected chi connectivity index (χ0v) is 29.5. The fraction of sp³-hybridized carbons (Fsp3) is 0.444. The molecule has 2 aliphatic heterocycles. The molecule has 8 nitrogen and oxygen atoms in total. The Labute approximate surface area is 274 Å². The van der Waals surface area contributed by atoms with Crippen molar-refractivity contribution < 1.29 is 30.8 Å². The van der Waals surface area contributed by atoms with Crippen LogP contribution in [0.2, 0.25) is 0 Å². The second kappa shape index (κ2) is 13.4. The van der Waals surface area contributed by atoms with Crippen molar-refractivity contribution in [2.24, 2.45) is 0 Å². The lowest BCUT2D eigenvalue weighted by atomic mass is 9.80. The highest BCUT2D eigenvalue weighted by molar-refractivity contribution is 7.94. The van der Waals surface area contributed by atoms with Crippen LogP contribution in [0.15, 0.2) is 77.2 Å². The van der Waals surface area contributed by atoms with Crippen LogP contribution >= 0.6 is 0 Å². The van der Waals surface area contributed by atoms with Gasteiger partial charge in [-0.15, -0.1) is 0 Å². The van der Waals surface area contributed by atoms with Crippen molar-refractivity contribution in [3.63, 3.8) is 0 Å². The maximum absolute atomic E-state index is 12.3. The van der Waals surface area contributed by atoms with E-state index in [-0.39, 0.29) is 28.3 Å². The number of rotatable bonds is 14. The van der Waals surface area contributed by atoms with E-state index in [2.05, 4.69) is 94.1 Å². The molecule has 0 bridgehead atoms. The van der Waals surface area contributed by atoms with E-state index in [9.17, 15) is 26.2 Å². The number of fused-ring (bicyclic) bond motifs is 2. The van der Waals surface area contributed by atoms with Gasteiger partial charge in [0.15, 0.2) is 15.5 Å². The van der Waals surface area contributed by atoms with Gasteiger partial charge in [-0.25, -0.2) is 8.42 Å². The Morgan fingerprint density at radius 1 is 0.935 bits per heavy atom. The number of aryl methyl sites for hydroxylation is 1. The van der Waals surface area contributed by atoms with E-state index in [0.717, 1.165) is 35.2 Å². The molecule has 0 fully saturated rings. The topological polar surface area (TPSA) is 112 Å². The summed E-state index contributed by atoms with van der Waals surface area (Å²) in [5.41, 5.74) is 6.88. The van der Waals surface area contributed by atoms with Crippen LogP contribution in [0, 0.1) is 6.92 Å². The van der Waals surface area contributed by atoms with Gasteiger partial charge >= 0.3 is 0 Å². The fourth-order valence-electron chi connectivity index (χ4n) is 6.68. The van der Waals surface area contributed by atoms with E-state index in [1.165, 1.54) is 28.6 Å². The number of hydrogen-bond acceptors (Lipinski definition) is 6. The van der Waals surface area contributed by atoms with Gasteiger partial charge in [0.25, 0.3) is 10.1 Å². The lowest BCUT2D eigenvalue weighted by molar-refractivity contribution is -0.401. The Bertz CT molecular complexity index is 1850. The Hall–Kier alpha value is -3.34. The van der Waals surface area contributed by atoms with Crippen LogP contribution in [-0.2, 0) is 35.6 Å². The molecule has 2 heterocycles. The Balaban J connectivity index is 1.53. The third-order valence-electron chi connectivity index (χ3n) is 9.33. The molecule has 2 aliphatic rings. The van der Waals surface area contributed by atoms with Crippen LogP contribution in [0.5, 0.6) is 0 Å². The quantitative estimate of drug-likeness (QED) is 0.132. The van der Waals surface area contributed by atoms with Gasteiger partial charge in [-0.05, 0) is 75.9 Å². The molecular formula is C36H47N2O6S2+. The summed E-state index contributed by atoms with van der Waals surface area (Å²) in [5, 5.41) is 0.934. The zero-order chi connectivity index (χ0) is 34.1. The van der Waals surface area contributed by atoms with Crippen molar-refractivity contribution in [3.8, 4) is 0 Å². The second-order valence-electron chi connectivity index (χ2n) is 13.4. The minimum atomic E-state index is -4.37. The first-order chi connectivity index (χ1) is 21.4. The summed E-state index contributed by atoms with van der Waals surface area (Å²) < 4.78 is 59.2. The summed E-state index contributed by atoms with van der Waals surface area (Å²) in [4.78, 5) is 14.4. The van der Waals surface area contributed by atoms with Crippen molar-refractivity contribution in [2.75, 3.05) is 24.2 Å². The van der Waals surface area contributed by atoms with E-state index >= 15 is 0 Å². The first kappa shape index (κ1) is 35.5. The van der Waals surface area contributed by atoms with Crippen LogP contribution in [0.25, 0.3) is 0 Å². The van der Waals surface area contributed by atoms with Crippen LogP contribution in [-0.4, -0.2) is 56.8 Å². The van der Waals surface area contributed by atoms with Gasteiger partial charge in [-0.1, -0.05) is 44.6 Å². The average Bonchev–Trinajstić information content (AvgIpc) is 3.30. The van der Waals surface area contributed by atoms with Gasteiger partial charge in [0.2, 0.25) is 5.69 Å². The predicted molar refractivity (Wildman–Crippen MR) is 186 cm³/mol. The minimum Gasteiger partial charge on any atom is -0.344 e. The van der Waals surface area contributed by atoms with Crippen molar-refractivity contribution in [1.82, 2.24) is 0 Å². The highest BCUT2D eigenvalue weighted by atomic mass is 32.2. The minimum absolute atomic E-state index is 0.0602. The number of benzene rings is 2. The molecule has 0 aliphatic carbocycles. The normalized spacial score (nSPS) is 18.0. The summed E-state index contributed by atoms with van der Waals surface area (Å²) in [6, 6.07) is 11.3. The van der Waals surface area contributed by atoms with Gasteiger partial charge in [-0.3, -0.25) is 9.35 Å². The van der Waals surface area contributed by atoms with Crippen molar-refractivity contribution in [2.45, 2.75) is 88.9 Å². The first-order valence-corrected chi connectivity index (χ1v) is 18.9. The number of ketones is 1. The number of hydrogen-bond donors (Lipinski definition) is 1. The highest BCUT2D eigenvalue weighted by Crippen LogP contribution is 2.48. The lowest BCUT2D eigenvalue weighted by Gasteiger charge is -2.27. The molecule has 46 heavy (non-hydrogen) atoms. The number of Topliss-reactive ketones (excluding diaryl/α,β-unsaturated/α-hetero) is 1. The average molecular weight is 668 g/mol.